The van der Waals surface area contributed by atoms with E-state index in [-0.39, 0.29) is 18.9 Å². The Balaban J connectivity index is 2.13. The highest BCUT2D eigenvalue weighted by Crippen LogP contribution is 2.28. The molecule has 0 spiro atoms. The number of rotatable bonds is 10. The second kappa shape index (κ2) is 13.1. The Morgan fingerprint density at radius 1 is 0.900 bits per heavy atom. The Morgan fingerprint density at radius 3 is 2.02 bits per heavy atom. The molecule has 0 saturated heterocycles. The molecule has 3 aromatic rings. The molecule has 0 saturated carbocycles. The molecule has 3 rings (SSSR count). The van der Waals surface area contributed by atoms with Gasteiger partial charge in [-0.05, 0) is 57.0 Å². The van der Waals surface area contributed by atoms with Gasteiger partial charge in [-0.15, -0.1) is 0 Å². The van der Waals surface area contributed by atoms with E-state index in [9.17, 15) is 18.0 Å². The van der Waals surface area contributed by atoms with Crippen molar-refractivity contribution in [2.24, 2.45) is 0 Å². The monoisotopic (exact) mass is 603 g/mol. The topological polar surface area (TPSA) is 86.8 Å². The quantitative estimate of drug-likeness (QED) is 0.326. The maximum Gasteiger partial charge on any atom is 0.244 e. The molecule has 0 heterocycles. The number of para-hydroxylation sites is 1. The highest BCUT2D eigenvalue weighted by molar-refractivity contribution is 7.92. The summed E-state index contributed by atoms with van der Waals surface area (Å²) in [6, 6.07) is 20.3. The lowest BCUT2D eigenvalue weighted by molar-refractivity contribution is -0.140. The third-order valence-corrected chi connectivity index (χ3v) is 8.06. The van der Waals surface area contributed by atoms with Gasteiger partial charge in [-0.2, -0.15) is 0 Å². The van der Waals surface area contributed by atoms with E-state index in [1.165, 1.54) is 4.90 Å². The van der Waals surface area contributed by atoms with Crippen LogP contribution in [0.25, 0.3) is 0 Å². The van der Waals surface area contributed by atoms with Crippen LogP contribution >= 0.6 is 23.2 Å². The van der Waals surface area contributed by atoms with E-state index in [0.29, 0.717) is 26.9 Å². The molecule has 3 aromatic carbocycles. The van der Waals surface area contributed by atoms with E-state index in [2.05, 4.69) is 5.32 Å². The number of hydrogen-bond acceptors (Lipinski definition) is 4. The first-order valence-corrected chi connectivity index (χ1v) is 15.4. The number of nitrogens with one attached hydrogen (secondary N) is 1. The molecule has 2 amide bonds. The second-order valence-corrected chi connectivity index (χ2v) is 13.4. The van der Waals surface area contributed by atoms with Crippen LogP contribution in [0.5, 0.6) is 0 Å². The number of aryl methyl sites for hydroxylation is 1. The lowest BCUT2D eigenvalue weighted by Crippen LogP contribution is -2.56. The smallest absolute Gasteiger partial charge is 0.244 e. The molecule has 0 bridgehead atoms. The van der Waals surface area contributed by atoms with Crippen molar-refractivity contribution in [1.82, 2.24) is 10.2 Å². The van der Waals surface area contributed by atoms with Gasteiger partial charge in [0.15, 0.2) is 0 Å². The highest BCUT2D eigenvalue weighted by atomic mass is 35.5. The Kier molecular flexibility index (Phi) is 10.3. The third kappa shape index (κ3) is 8.46. The molecule has 0 aliphatic rings. The van der Waals surface area contributed by atoms with Gasteiger partial charge < -0.3 is 10.2 Å². The van der Waals surface area contributed by atoms with Crippen molar-refractivity contribution in [2.45, 2.75) is 52.2 Å². The number of carbonyl (C=O) groups excluding carboxylic acids is 2. The minimum atomic E-state index is -3.86. The Labute approximate surface area is 247 Å². The van der Waals surface area contributed by atoms with Gasteiger partial charge >= 0.3 is 0 Å². The van der Waals surface area contributed by atoms with Crippen molar-refractivity contribution in [3.05, 3.63) is 99.5 Å². The van der Waals surface area contributed by atoms with Crippen molar-refractivity contribution in [3.8, 4) is 0 Å². The van der Waals surface area contributed by atoms with Gasteiger partial charge in [-0.3, -0.25) is 13.9 Å². The normalized spacial score (nSPS) is 12.5. The summed E-state index contributed by atoms with van der Waals surface area (Å²) in [5.41, 5.74) is 1.78. The van der Waals surface area contributed by atoms with Crippen LogP contribution in [0, 0.1) is 6.92 Å². The molecule has 7 nitrogen and oxygen atoms in total. The van der Waals surface area contributed by atoms with Crippen LogP contribution in [0.4, 0.5) is 5.69 Å². The molecule has 0 aromatic heterocycles. The van der Waals surface area contributed by atoms with Crippen LogP contribution in [0.3, 0.4) is 0 Å². The van der Waals surface area contributed by atoms with Crippen molar-refractivity contribution >= 4 is 50.7 Å². The fourth-order valence-electron chi connectivity index (χ4n) is 4.30. The zero-order valence-electron chi connectivity index (χ0n) is 23.3. The third-order valence-electron chi connectivity index (χ3n) is 6.22. The van der Waals surface area contributed by atoms with Crippen LogP contribution in [-0.4, -0.2) is 49.5 Å². The molecule has 0 unspecified atom stereocenters. The summed E-state index contributed by atoms with van der Waals surface area (Å²) in [5.74, 6) is -0.954. The molecule has 10 heteroatoms. The van der Waals surface area contributed by atoms with E-state index < -0.39 is 34.1 Å². The van der Waals surface area contributed by atoms with Crippen LogP contribution in [0.15, 0.2) is 72.8 Å². The number of hydrogen-bond donors (Lipinski definition) is 1. The zero-order chi connectivity index (χ0) is 29.7. The molecule has 0 radical (unpaired) electrons. The van der Waals surface area contributed by atoms with Crippen molar-refractivity contribution in [3.63, 3.8) is 0 Å². The lowest BCUT2D eigenvalue weighted by Gasteiger charge is -2.35. The standard InChI is InChI=1S/C30H35Cl2N3O4S/c1-21-12-9-10-17-26(21)35(40(5,38)39)20-28(36)34(19-23-24(31)15-11-16-25(23)32)27(29(37)33-30(2,3)4)18-22-13-7-6-8-14-22/h6-17,27H,18-20H2,1-5H3,(H,33,37)/t27-/m0/s1. The van der Waals surface area contributed by atoms with E-state index in [1.807, 2.05) is 51.1 Å². The fraction of sp³-hybridized carbons (Fsp3) is 0.333. The number of anilines is 1. The fourth-order valence-corrected chi connectivity index (χ4v) is 5.72. The van der Waals surface area contributed by atoms with Gasteiger partial charge in [0.2, 0.25) is 21.8 Å². The molecule has 0 aliphatic carbocycles. The number of halogens is 2. The molecular weight excluding hydrogens is 569 g/mol. The molecule has 214 valence electrons. The predicted octanol–water partition coefficient (Wildman–Crippen LogP) is 5.62. The average molecular weight is 605 g/mol. The number of sulfonamides is 1. The second-order valence-electron chi connectivity index (χ2n) is 10.7. The number of nitrogens with zero attached hydrogens (tertiary/aromatic N) is 2. The summed E-state index contributed by atoms with van der Waals surface area (Å²) in [7, 11) is -3.86. The highest BCUT2D eigenvalue weighted by Gasteiger charge is 2.35. The van der Waals surface area contributed by atoms with E-state index >= 15 is 0 Å². The first-order chi connectivity index (χ1) is 18.7. The van der Waals surface area contributed by atoms with E-state index in [1.54, 1.807) is 49.4 Å². The Morgan fingerprint density at radius 2 is 1.48 bits per heavy atom. The van der Waals surface area contributed by atoms with E-state index in [4.69, 9.17) is 23.2 Å². The van der Waals surface area contributed by atoms with Crippen LogP contribution in [0.1, 0.15) is 37.5 Å². The lowest BCUT2D eigenvalue weighted by atomic mass is 10.0. The molecule has 1 atom stereocenters. The van der Waals surface area contributed by atoms with Crippen LogP contribution in [0.2, 0.25) is 10.0 Å². The summed E-state index contributed by atoms with van der Waals surface area (Å²) in [5, 5.41) is 3.65. The van der Waals surface area contributed by atoms with Gasteiger partial charge in [0.1, 0.15) is 12.6 Å². The van der Waals surface area contributed by atoms with Gasteiger partial charge in [0, 0.05) is 34.1 Å². The van der Waals surface area contributed by atoms with Gasteiger partial charge in [0.05, 0.1) is 11.9 Å². The maximum atomic E-state index is 14.2. The van der Waals surface area contributed by atoms with Crippen LogP contribution < -0.4 is 9.62 Å². The average Bonchev–Trinajstić information content (AvgIpc) is 2.85. The maximum absolute atomic E-state index is 14.2. The number of amides is 2. The SMILES string of the molecule is Cc1ccccc1N(CC(=O)N(Cc1c(Cl)cccc1Cl)[C@@H](Cc1ccccc1)C(=O)NC(C)(C)C)S(C)(=O)=O. The zero-order valence-corrected chi connectivity index (χ0v) is 25.6. The largest absolute Gasteiger partial charge is 0.350 e. The first-order valence-electron chi connectivity index (χ1n) is 12.8. The summed E-state index contributed by atoms with van der Waals surface area (Å²) >= 11 is 13.0. The van der Waals surface area contributed by atoms with Crippen molar-refractivity contribution < 1.29 is 18.0 Å². The van der Waals surface area contributed by atoms with Gasteiger partial charge in [-0.25, -0.2) is 8.42 Å². The number of benzene rings is 3. The molecular formula is C30H35Cl2N3O4S. The van der Waals surface area contributed by atoms with E-state index in [0.717, 1.165) is 16.1 Å². The molecule has 1 N–H and O–H groups in total. The Hall–Kier alpha value is -3.07. The van der Waals surface area contributed by atoms with Gasteiger partial charge in [-0.1, -0.05) is 77.8 Å². The van der Waals surface area contributed by atoms with Gasteiger partial charge in [0.25, 0.3) is 0 Å². The van der Waals surface area contributed by atoms with Crippen molar-refractivity contribution in [2.75, 3.05) is 17.1 Å². The predicted molar refractivity (Wildman–Crippen MR) is 162 cm³/mol. The minimum Gasteiger partial charge on any atom is -0.350 e. The summed E-state index contributed by atoms with van der Waals surface area (Å²) in [6.45, 7) is 6.72. The molecule has 0 aliphatic heterocycles. The Bertz CT molecular complexity index is 1440. The van der Waals surface area contributed by atoms with Crippen molar-refractivity contribution in [1.29, 1.82) is 0 Å². The summed E-state index contributed by atoms with van der Waals surface area (Å²) in [6.07, 6.45) is 1.25. The van der Waals surface area contributed by atoms with Crippen LogP contribution in [-0.2, 0) is 32.6 Å². The minimum absolute atomic E-state index is 0.0994. The summed E-state index contributed by atoms with van der Waals surface area (Å²) in [4.78, 5) is 29.3. The molecule has 0 fully saturated rings. The first kappa shape index (κ1) is 31.5. The number of carbonyl (C=O) groups is 2. The summed E-state index contributed by atoms with van der Waals surface area (Å²) < 4.78 is 26.9. The molecule has 40 heavy (non-hydrogen) atoms.